The molecule has 0 aliphatic rings. The van der Waals surface area contributed by atoms with Crippen molar-refractivity contribution >= 4 is 15.5 Å². The molecule has 0 aromatic heterocycles. The third-order valence-corrected chi connectivity index (χ3v) is 4.10. The molecule has 96 valence electrons. The highest BCUT2D eigenvalue weighted by Crippen LogP contribution is 2.18. The number of nitrogen functional groups attached to an aromatic ring is 1. The quantitative estimate of drug-likeness (QED) is 0.826. The van der Waals surface area contributed by atoms with Crippen molar-refractivity contribution in [2.75, 3.05) is 11.5 Å². The summed E-state index contributed by atoms with van der Waals surface area (Å²) in [4.78, 5) is 0. The van der Waals surface area contributed by atoms with E-state index >= 15 is 0 Å². The molecule has 0 bridgehead atoms. The minimum absolute atomic E-state index is 0.0124. The van der Waals surface area contributed by atoms with Gasteiger partial charge in [0.1, 0.15) is 5.82 Å². The summed E-state index contributed by atoms with van der Waals surface area (Å²) in [7, 11) is -3.26. The fourth-order valence-corrected chi connectivity index (χ4v) is 3.11. The molecule has 5 heteroatoms. The van der Waals surface area contributed by atoms with Crippen molar-refractivity contribution in [3.63, 3.8) is 0 Å². The van der Waals surface area contributed by atoms with Crippen LogP contribution in [0.25, 0.3) is 0 Å². The number of nitrogens with two attached hydrogens (primary N) is 1. The smallest absolute Gasteiger partial charge is 0.154 e. The predicted octanol–water partition coefficient (Wildman–Crippen LogP) is 2.37. The number of hydrogen-bond donors (Lipinski definition) is 1. The van der Waals surface area contributed by atoms with Crippen LogP contribution >= 0.6 is 0 Å². The van der Waals surface area contributed by atoms with Gasteiger partial charge in [-0.2, -0.15) is 0 Å². The minimum atomic E-state index is -3.26. The summed E-state index contributed by atoms with van der Waals surface area (Å²) in [5.41, 5.74) is 5.53. The lowest BCUT2D eigenvalue weighted by molar-refractivity contribution is 0.569. The molecule has 0 aliphatic carbocycles. The van der Waals surface area contributed by atoms with Crippen LogP contribution in [0.3, 0.4) is 0 Å². The Kier molecular flexibility index (Phi) is 4.51. The maximum absolute atomic E-state index is 13.5. The summed E-state index contributed by atoms with van der Waals surface area (Å²) in [6.07, 6.45) is 0.590. The van der Waals surface area contributed by atoms with Crippen molar-refractivity contribution in [2.45, 2.75) is 26.0 Å². The Hall–Kier alpha value is -1.10. The lowest BCUT2D eigenvalue weighted by atomic mass is 10.2. The van der Waals surface area contributed by atoms with Crippen molar-refractivity contribution in [3.8, 4) is 0 Å². The molecule has 1 aromatic carbocycles. The van der Waals surface area contributed by atoms with Gasteiger partial charge in [0.25, 0.3) is 0 Å². The Morgan fingerprint density at radius 1 is 1.35 bits per heavy atom. The van der Waals surface area contributed by atoms with Crippen LogP contribution in [0.1, 0.15) is 25.8 Å². The predicted molar refractivity (Wildman–Crippen MR) is 67.8 cm³/mol. The first-order chi connectivity index (χ1) is 7.82. The molecule has 0 aliphatic heterocycles. The van der Waals surface area contributed by atoms with E-state index in [-0.39, 0.29) is 22.8 Å². The van der Waals surface area contributed by atoms with Gasteiger partial charge < -0.3 is 5.73 Å². The highest BCUT2D eigenvalue weighted by Gasteiger charge is 2.16. The molecule has 0 unspecified atom stereocenters. The van der Waals surface area contributed by atoms with E-state index in [9.17, 15) is 12.8 Å². The second-order valence-corrected chi connectivity index (χ2v) is 6.78. The zero-order chi connectivity index (χ0) is 13.1. The highest BCUT2D eigenvalue weighted by molar-refractivity contribution is 7.90. The SMILES string of the molecule is CC(C)CCS(=O)(=O)Cc1cccc(N)c1F. The molecule has 0 heterocycles. The molecular weight excluding hydrogens is 241 g/mol. The van der Waals surface area contributed by atoms with E-state index in [1.54, 1.807) is 6.07 Å². The van der Waals surface area contributed by atoms with Gasteiger partial charge in [-0.05, 0) is 18.4 Å². The van der Waals surface area contributed by atoms with E-state index in [0.29, 0.717) is 12.3 Å². The van der Waals surface area contributed by atoms with Gasteiger partial charge in [-0.3, -0.25) is 0 Å². The number of hydrogen-bond acceptors (Lipinski definition) is 3. The maximum atomic E-state index is 13.5. The molecule has 0 amide bonds. The van der Waals surface area contributed by atoms with E-state index in [4.69, 9.17) is 5.73 Å². The number of benzene rings is 1. The largest absolute Gasteiger partial charge is 0.396 e. The first kappa shape index (κ1) is 14.0. The molecule has 1 aromatic rings. The molecule has 0 radical (unpaired) electrons. The summed E-state index contributed by atoms with van der Waals surface area (Å²) in [5, 5.41) is 0. The van der Waals surface area contributed by atoms with Gasteiger partial charge in [-0.25, -0.2) is 12.8 Å². The number of sulfone groups is 1. The first-order valence-electron chi connectivity index (χ1n) is 5.55. The summed E-state index contributed by atoms with van der Waals surface area (Å²) < 4.78 is 37.1. The van der Waals surface area contributed by atoms with Crippen molar-refractivity contribution in [1.29, 1.82) is 0 Å². The molecule has 0 saturated heterocycles. The normalized spacial score (nSPS) is 12.0. The Bertz CT molecular complexity index is 483. The van der Waals surface area contributed by atoms with Crippen LogP contribution in [0.2, 0.25) is 0 Å². The van der Waals surface area contributed by atoms with Crippen molar-refractivity contribution in [2.24, 2.45) is 5.92 Å². The molecule has 0 saturated carbocycles. The molecular formula is C12H18FNO2S. The summed E-state index contributed by atoms with van der Waals surface area (Å²) in [5.74, 6) is -0.508. The Balaban J connectivity index is 2.80. The minimum Gasteiger partial charge on any atom is -0.396 e. The Labute approximate surface area is 102 Å². The van der Waals surface area contributed by atoms with E-state index in [2.05, 4.69) is 0 Å². The van der Waals surface area contributed by atoms with Crippen LogP contribution in [0.4, 0.5) is 10.1 Å². The molecule has 3 nitrogen and oxygen atoms in total. The lowest BCUT2D eigenvalue weighted by Gasteiger charge is -2.08. The third-order valence-electron chi connectivity index (χ3n) is 2.49. The molecule has 2 N–H and O–H groups in total. The van der Waals surface area contributed by atoms with Gasteiger partial charge in [0.15, 0.2) is 9.84 Å². The Morgan fingerprint density at radius 3 is 2.59 bits per heavy atom. The van der Waals surface area contributed by atoms with Gasteiger partial charge >= 0.3 is 0 Å². The van der Waals surface area contributed by atoms with Crippen LogP contribution in [-0.2, 0) is 15.6 Å². The van der Waals surface area contributed by atoms with Crippen LogP contribution in [0.5, 0.6) is 0 Å². The topological polar surface area (TPSA) is 60.2 Å². The Morgan fingerprint density at radius 2 is 2.00 bits per heavy atom. The number of rotatable bonds is 5. The van der Waals surface area contributed by atoms with Crippen molar-refractivity contribution < 1.29 is 12.8 Å². The lowest BCUT2D eigenvalue weighted by Crippen LogP contribution is -2.12. The monoisotopic (exact) mass is 259 g/mol. The average molecular weight is 259 g/mol. The standard InChI is InChI=1S/C12H18FNO2S/c1-9(2)6-7-17(15,16)8-10-4-3-5-11(14)12(10)13/h3-5,9H,6-8,14H2,1-2H3. The van der Waals surface area contributed by atoms with E-state index in [1.165, 1.54) is 12.1 Å². The third kappa shape index (κ3) is 4.34. The van der Waals surface area contributed by atoms with Crippen LogP contribution in [-0.4, -0.2) is 14.2 Å². The fraction of sp³-hybridized carbons (Fsp3) is 0.500. The molecule has 0 atom stereocenters. The summed E-state index contributed by atoms with van der Waals surface area (Å²) in [6, 6.07) is 4.43. The molecule has 1 rings (SSSR count). The van der Waals surface area contributed by atoms with E-state index in [0.717, 1.165) is 0 Å². The van der Waals surface area contributed by atoms with Crippen LogP contribution in [0.15, 0.2) is 18.2 Å². The first-order valence-corrected chi connectivity index (χ1v) is 7.37. The van der Waals surface area contributed by atoms with Gasteiger partial charge in [-0.1, -0.05) is 26.0 Å². The summed E-state index contributed by atoms with van der Waals surface area (Å²) in [6.45, 7) is 3.91. The van der Waals surface area contributed by atoms with Crippen molar-refractivity contribution in [1.82, 2.24) is 0 Å². The highest BCUT2D eigenvalue weighted by atomic mass is 32.2. The second-order valence-electron chi connectivity index (χ2n) is 4.59. The van der Waals surface area contributed by atoms with Gasteiger partial charge in [-0.15, -0.1) is 0 Å². The molecule has 0 fully saturated rings. The van der Waals surface area contributed by atoms with Crippen molar-refractivity contribution in [3.05, 3.63) is 29.6 Å². The van der Waals surface area contributed by atoms with Gasteiger partial charge in [0.2, 0.25) is 0 Å². The zero-order valence-corrected chi connectivity index (χ0v) is 10.9. The van der Waals surface area contributed by atoms with Gasteiger partial charge in [0, 0.05) is 5.56 Å². The zero-order valence-electron chi connectivity index (χ0n) is 10.1. The van der Waals surface area contributed by atoms with Crippen LogP contribution < -0.4 is 5.73 Å². The van der Waals surface area contributed by atoms with Crippen LogP contribution in [0, 0.1) is 11.7 Å². The fourth-order valence-electron chi connectivity index (χ4n) is 1.44. The average Bonchev–Trinajstić information content (AvgIpc) is 2.22. The molecule has 0 spiro atoms. The van der Waals surface area contributed by atoms with Gasteiger partial charge in [0.05, 0.1) is 17.2 Å². The van der Waals surface area contributed by atoms with E-state index < -0.39 is 15.7 Å². The second kappa shape index (κ2) is 5.49. The summed E-state index contributed by atoms with van der Waals surface area (Å²) >= 11 is 0. The van der Waals surface area contributed by atoms with E-state index in [1.807, 2.05) is 13.8 Å². The molecule has 17 heavy (non-hydrogen) atoms. The number of anilines is 1. The number of halogens is 1. The maximum Gasteiger partial charge on any atom is 0.154 e.